The fourth-order valence-corrected chi connectivity index (χ4v) is 5.85. The topological polar surface area (TPSA) is 30.5 Å². The SMILES string of the molecule is COc1cc([C@@H]2Nc3c(C)cccc3[C@@H]3C=CC[C@@H]32)cc(Br)c1OCc1ccc(Cl)c(Cl)c1. The number of nitrogens with one attached hydrogen (secondary N) is 1. The molecular formula is C27H24BrCl2NO2. The minimum atomic E-state index is 0.174. The van der Waals surface area contributed by atoms with E-state index in [0.29, 0.717) is 40.0 Å². The van der Waals surface area contributed by atoms with Gasteiger partial charge in [0, 0.05) is 11.6 Å². The molecule has 2 aliphatic rings. The molecule has 6 heteroatoms. The number of hydrogen-bond acceptors (Lipinski definition) is 3. The van der Waals surface area contributed by atoms with Gasteiger partial charge in [0.2, 0.25) is 0 Å². The molecule has 0 bridgehead atoms. The van der Waals surface area contributed by atoms with Gasteiger partial charge in [-0.3, -0.25) is 0 Å². The van der Waals surface area contributed by atoms with Crippen molar-refractivity contribution >= 4 is 44.8 Å². The second kappa shape index (κ2) is 9.25. The summed E-state index contributed by atoms with van der Waals surface area (Å²) in [5, 5.41) is 4.88. The predicted molar refractivity (Wildman–Crippen MR) is 139 cm³/mol. The Morgan fingerprint density at radius 3 is 2.73 bits per heavy atom. The van der Waals surface area contributed by atoms with E-state index in [0.717, 1.165) is 16.5 Å². The first-order valence-corrected chi connectivity index (χ1v) is 12.5. The summed E-state index contributed by atoms with van der Waals surface area (Å²) in [4.78, 5) is 0. The normalized spacial score (nSPS) is 20.7. The van der Waals surface area contributed by atoms with E-state index < -0.39 is 0 Å². The van der Waals surface area contributed by atoms with Crippen molar-refractivity contribution in [2.75, 3.05) is 12.4 Å². The molecule has 0 fully saturated rings. The van der Waals surface area contributed by atoms with Gasteiger partial charge >= 0.3 is 0 Å². The Hall–Kier alpha value is -2.14. The summed E-state index contributed by atoms with van der Waals surface area (Å²) in [5.41, 5.74) is 6.00. The third-order valence-electron chi connectivity index (χ3n) is 6.58. The van der Waals surface area contributed by atoms with E-state index in [9.17, 15) is 0 Å². The summed E-state index contributed by atoms with van der Waals surface area (Å²) in [6.07, 6.45) is 5.71. The molecule has 0 saturated heterocycles. The summed E-state index contributed by atoms with van der Waals surface area (Å²) in [5.74, 6) is 2.24. The summed E-state index contributed by atoms with van der Waals surface area (Å²) >= 11 is 15.9. The maximum Gasteiger partial charge on any atom is 0.175 e. The predicted octanol–water partition coefficient (Wildman–Crippen LogP) is 8.48. The van der Waals surface area contributed by atoms with Gasteiger partial charge in [-0.15, -0.1) is 0 Å². The number of hydrogen-bond donors (Lipinski definition) is 1. The largest absolute Gasteiger partial charge is 0.493 e. The Morgan fingerprint density at radius 1 is 1.09 bits per heavy atom. The summed E-state index contributed by atoms with van der Waals surface area (Å²) in [7, 11) is 1.67. The van der Waals surface area contributed by atoms with Crippen molar-refractivity contribution in [2.45, 2.75) is 31.9 Å². The highest BCUT2D eigenvalue weighted by atomic mass is 79.9. The lowest BCUT2D eigenvalue weighted by Gasteiger charge is -2.38. The summed E-state index contributed by atoms with van der Waals surface area (Å²) < 4.78 is 12.7. The highest BCUT2D eigenvalue weighted by molar-refractivity contribution is 9.10. The quantitative estimate of drug-likeness (QED) is 0.327. The van der Waals surface area contributed by atoms with Crippen LogP contribution in [0.15, 0.2) is 65.2 Å². The molecule has 0 aromatic heterocycles. The first-order chi connectivity index (χ1) is 16.0. The molecule has 1 aliphatic carbocycles. The molecule has 1 heterocycles. The Morgan fingerprint density at radius 2 is 1.94 bits per heavy atom. The van der Waals surface area contributed by atoms with Crippen LogP contribution in [0, 0.1) is 12.8 Å². The molecule has 0 radical (unpaired) electrons. The van der Waals surface area contributed by atoms with Gasteiger partial charge in [-0.25, -0.2) is 0 Å². The zero-order chi connectivity index (χ0) is 23.1. The first kappa shape index (κ1) is 22.6. The molecule has 0 saturated carbocycles. The van der Waals surface area contributed by atoms with E-state index >= 15 is 0 Å². The van der Waals surface area contributed by atoms with Crippen LogP contribution in [0.25, 0.3) is 0 Å². The molecule has 3 atom stereocenters. The number of benzene rings is 3. The summed E-state index contributed by atoms with van der Waals surface area (Å²) in [6.45, 7) is 2.52. The Kier molecular flexibility index (Phi) is 6.34. The first-order valence-electron chi connectivity index (χ1n) is 10.9. The van der Waals surface area contributed by atoms with E-state index in [1.165, 1.54) is 22.4 Å². The van der Waals surface area contributed by atoms with Crippen molar-refractivity contribution in [1.29, 1.82) is 0 Å². The molecule has 5 rings (SSSR count). The molecule has 0 unspecified atom stereocenters. The maximum atomic E-state index is 6.15. The fourth-order valence-electron chi connectivity index (χ4n) is 4.95. The van der Waals surface area contributed by atoms with Gasteiger partial charge < -0.3 is 14.8 Å². The molecule has 0 amide bonds. The standard InChI is InChI=1S/C27H24BrCl2NO2/c1-15-5-3-7-19-18-6-4-8-20(18)26(31-25(15)19)17-12-21(28)27(24(13-17)32-2)33-14-16-9-10-22(29)23(30)11-16/h3-7,9-13,18,20,26,31H,8,14H2,1-2H3/t18-,20-,26-/m0/s1. The monoisotopic (exact) mass is 543 g/mol. The van der Waals surface area contributed by atoms with Crippen LogP contribution in [0.4, 0.5) is 5.69 Å². The lowest BCUT2D eigenvalue weighted by molar-refractivity contribution is 0.282. The van der Waals surface area contributed by atoms with Crippen molar-refractivity contribution in [2.24, 2.45) is 5.92 Å². The van der Waals surface area contributed by atoms with Gasteiger partial charge in [-0.05, 0) is 81.7 Å². The number of allylic oxidation sites excluding steroid dienone is 2. The average Bonchev–Trinajstić information content (AvgIpc) is 3.30. The number of anilines is 1. The van der Waals surface area contributed by atoms with Gasteiger partial charge in [0.05, 0.1) is 27.7 Å². The van der Waals surface area contributed by atoms with E-state index in [4.69, 9.17) is 32.7 Å². The molecule has 3 aromatic carbocycles. The number of halogens is 3. The smallest absolute Gasteiger partial charge is 0.175 e. The highest BCUT2D eigenvalue weighted by Crippen LogP contribution is 2.52. The molecule has 170 valence electrons. The molecule has 3 aromatic rings. The van der Waals surface area contributed by atoms with Crippen molar-refractivity contribution in [3.8, 4) is 11.5 Å². The van der Waals surface area contributed by atoms with Crippen LogP contribution in [0.2, 0.25) is 10.0 Å². The number of fused-ring (bicyclic) bond motifs is 3. The Bertz CT molecular complexity index is 1240. The number of rotatable bonds is 5. The zero-order valence-corrected chi connectivity index (χ0v) is 21.5. The van der Waals surface area contributed by atoms with Crippen LogP contribution in [0.3, 0.4) is 0 Å². The maximum absolute atomic E-state index is 6.15. The second-order valence-electron chi connectivity index (χ2n) is 8.59. The number of para-hydroxylation sites is 1. The number of methoxy groups -OCH3 is 1. The van der Waals surface area contributed by atoms with Gasteiger partial charge in [0.25, 0.3) is 0 Å². The zero-order valence-electron chi connectivity index (χ0n) is 18.4. The van der Waals surface area contributed by atoms with Crippen LogP contribution in [-0.2, 0) is 6.61 Å². The van der Waals surface area contributed by atoms with Crippen LogP contribution in [0.5, 0.6) is 11.5 Å². The second-order valence-corrected chi connectivity index (χ2v) is 10.3. The minimum Gasteiger partial charge on any atom is -0.493 e. The van der Waals surface area contributed by atoms with E-state index in [1.54, 1.807) is 13.2 Å². The average molecular weight is 545 g/mol. The Balaban J connectivity index is 1.45. The van der Waals surface area contributed by atoms with E-state index in [2.05, 4.69) is 70.7 Å². The molecular weight excluding hydrogens is 521 g/mol. The van der Waals surface area contributed by atoms with Crippen LogP contribution < -0.4 is 14.8 Å². The third-order valence-corrected chi connectivity index (χ3v) is 7.91. The van der Waals surface area contributed by atoms with E-state index in [1.807, 2.05) is 12.1 Å². The van der Waals surface area contributed by atoms with Gasteiger partial charge in [0.15, 0.2) is 11.5 Å². The highest BCUT2D eigenvalue weighted by Gasteiger charge is 2.38. The fraction of sp³-hybridized carbons (Fsp3) is 0.259. The number of ether oxygens (including phenoxy) is 2. The van der Waals surface area contributed by atoms with Gasteiger partial charge in [-0.2, -0.15) is 0 Å². The van der Waals surface area contributed by atoms with Gasteiger partial charge in [0.1, 0.15) is 6.61 Å². The van der Waals surface area contributed by atoms with Crippen molar-refractivity contribution < 1.29 is 9.47 Å². The molecule has 1 aliphatic heterocycles. The number of aryl methyl sites for hydroxylation is 1. The van der Waals surface area contributed by atoms with Crippen molar-refractivity contribution in [3.05, 3.63) is 97.5 Å². The minimum absolute atomic E-state index is 0.174. The van der Waals surface area contributed by atoms with Crippen LogP contribution in [0.1, 0.15) is 40.6 Å². The molecule has 0 spiro atoms. The Labute approximate surface area is 212 Å². The van der Waals surface area contributed by atoms with Gasteiger partial charge in [-0.1, -0.05) is 59.6 Å². The lowest BCUT2D eigenvalue weighted by Crippen LogP contribution is -2.29. The van der Waals surface area contributed by atoms with Crippen molar-refractivity contribution in [1.82, 2.24) is 0 Å². The summed E-state index contributed by atoms with van der Waals surface area (Å²) in [6, 6.07) is 16.5. The van der Waals surface area contributed by atoms with Crippen molar-refractivity contribution in [3.63, 3.8) is 0 Å². The van der Waals surface area contributed by atoms with Crippen LogP contribution in [-0.4, -0.2) is 7.11 Å². The molecule has 1 N–H and O–H groups in total. The lowest BCUT2D eigenvalue weighted by atomic mass is 9.76. The van der Waals surface area contributed by atoms with Crippen LogP contribution >= 0.6 is 39.1 Å². The molecule has 33 heavy (non-hydrogen) atoms. The van der Waals surface area contributed by atoms with E-state index in [-0.39, 0.29) is 6.04 Å². The third kappa shape index (κ3) is 4.25. The molecule has 3 nitrogen and oxygen atoms in total.